The van der Waals surface area contributed by atoms with Crippen LogP contribution in [-0.2, 0) is 75.7 Å². The Morgan fingerprint density at radius 1 is 0.424 bits per heavy atom. The number of rotatable bonds is 22. The second-order valence-electron chi connectivity index (χ2n) is 14.8. The average molecular weight is 801 g/mol. The van der Waals surface area contributed by atoms with E-state index in [1.54, 1.807) is 6.08 Å². The Kier molecular flexibility index (Phi) is 16.8. The van der Waals surface area contributed by atoms with Gasteiger partial charge in [0.25, 0.3) is 0 Å². The topological polar surface area (TPSA) is 83.1 Å². The molecule has 2 fully saturated rings. The maximum Gasteiger partial charge on any atom is 0.161 e. The summed E-state index contributed by atoms with van der Waals surface area (Å²) in [5.41, 5.74) is 5.32. The second kappa shape index (κ2) is 23.3. The third-order valence-electron chi connectivity index (χ3n) is 10.4. The summed E-state index contributed by atoms with van der Waals surface area (Å²) >= 11 is 0. The van der Waals surface area contributed by atoms with E-state index < -0.39 is 37.0 Å². The molecule has 59 heavy (non-hydrogen) atoms. The van der Waals surface area contributed by atoms with Gasteiger partial charge >= 0.3 is 0 Å². The van der Waals surface area contributed by atoms with Crippen LogP contribution < -0.4 is 0 Å². The van der Waals surface area contributed by atoms with Gasteiger partial charge in [0.2, 0.25) is 0 Å². The number of hydrogen-bond acceptors (Lipinski definition) is 9. The van der Waals surface area contributed by atoms with E-state index in [9.17, 15) is 0 Å². The van der Waals surface area contributed by atoms with Crippen LogP contribution >= 0.6 is 0 Å². The van der Waals surface area contributed by atoms with Crippen LogP contribution in [0.3, 0.4) is 0 Å². The lowest BCUT2D eigenvalue weighted by Crippen LogP contribution is -2.55. The average Bonchev–Trinajstić information content (AvgIpc) is 3.29. The summed E-state index contributed by atoms with van der Waals surface area (Å²) in [4.78, 5) is 0. The Morgan fingerprint density at radius 3 is 1.19 bits per heavy atom. The molecule has 9 nitrogen and oxygen atoms in total. The number of ether oxygens (including phenoxy) is 9. The van der Waals surface area contributed by atoms with Crippen molar-refractivity contribution in [2.45, 2.75) is 95.1 Å². The zero-order valence-electron chi connectivity index (χ0n) is 33.6. The van der Waals surface area contributed by atoms with Crippen LogP contribution in [0.5, 0.6) is 0 Å². The first kappa shape index (κ1) is 42.6. The number of benzene rings is 5. The first-order valence-electron chi connectivity index (χ1n) is 20.6. The summed E-state index contributed by atoms with van der Waals surface area (Å²) in [5.74, 6) is 0. The van der Waals surface area contributed by atoms with Gasteiger partial charge in [-0.15, -0.1) is 6.58 Å². The molecule has 0 aliphatic carbocycles. The quantitative estimate of drug-likeness (QED) is 0.0638. The maximum absolute atomic E-state index is 6.76. The van der Waals surface area contributed by atoms with E-state index >= 15 is 0 Å². The van der Waals surface area contributed by atoms with Crippen LogP contribution in [0.4, 0.5) is 0 Å². The van der Waals surface area contributed by atoms with Crippen LogP contribution in [0, 0.1) is 0 Å². The highest BCUT2D eigenvalue weighted by Gasteiger charge is 2.44. The fourth-order valence-electron chi connectivity index (χ4n) is 7.35. The predicted octanol–water partition coefficient (Wildman–Crippen LogP) is 8.99. The van der Waals surface area contributed by atoms with Gasteiger partial charge in [-0.3, -0.25) is 0 Å². The van der Waals surface area contributed by atoms with Crippen molar-refractivity contribution in [1.29, 1.82) is 0 Å². The van der Waals surface area contributed by atoms with Crippen LogP contribution in [-0.4, -0.2) is 69.0 Å². The summed E-state index contributed by atoms with van der Waals surface area (Å²) in [7, 11) is 0. The Labute approximate surface area is 348 Å². The Morgan fingerprint density at radius 2 is 0.780 bits per heavy atom. The fraction of sp³-hybridized carbons (Fsp3) is 0.360. The van der Waals surface area contributed by atoms with E-state index in [1.165, 1.54) is 0 Å². The van der Waals surface area contributed by atoms with Gasteiger partial charge in [0.1, 0.15) is 24.4 Å². The van der Waals surface area contributed by atoms with Crippen LogP contribution in [0.25, 0.3) is 0 Å². The summed E-state index contributed by atoms with van der Waals surface area (Å²) in [6, 6.07) is 50.6. The third kappa shape index (κ3) is 13.5. The molecule has 0 saturated carbocycles. The zero-order valence-corrected chi connectivity index (χ0v) is 33.6. The van der Waals surface area contributed by atoms with Crippen molar-refractivity contribution in [1.82, 2.24) is 0 Å². The molecule has 2 heterocycles. The van der Waals surface area contributed by atoms with Crippen molar-refractivity contribution < 1.29 is 42.6 Å². The molecule has 8 atom stereocenters. The first-order chi connectivity index (χ1) is 29.2. The minimum absolute atomic E-state index is 0.155. The number of hydrogen-bond donors (Lipinski definition) is 0. The summed E-state index contributed by atoms with van der Waals surface area (Å²) in [5, 5.41) is 0. The normalized spacial score (nSPS) is 24.4. The lowest BCUT2D eigenvalue weighted by atomic mass is 9.99. The highest BCUT2D eigenvalue weighted by molar-refractivity contribution is 5.17. The third-order valence-corrected chi connectivity index (χ3v) is 10.4. The van der Waals surface area contributed by atoms with E-state index in [2.05, 4.69) is 43.0 Å². The molecule has 2 saturated heterocycles. The van der Waals surface area contributed by atoms with Gasteiger partial charge in [-0.25, -0.2) is 0 Å². The highest BCUT2D eigenvalue weighted by Crippen LogP contribution is 2.32. The Balaban J connectivity index is 1.10. The van der Waals surface area contributed by atoms with Crippen molar-refractivity contribution in [3.8, 4) is 0 Å². The molecule has 0 amide bonds. The van der Waals surface area contributed by atoms with Crippen LogP contribution in [0.2, 0.25) is 0 Å². The van der Waals surface area contributed by atoms with Crippen LogP contribution in [0.15, 0.2) is 164 Å². The molecular formula is C50H56O9. The monoisotopic (exact) mass is 800 g/mol. The van der Waals surface area contributed by atoms with E-state index in [-0.39, 0.29) is 25.4 Å². The smallest absolute Gasteiger partial charge is 0.161 e. The second-order valence-corrected chi connectivity index (χ2v) is 14.8. The first-order valence-corrected chi connectivity index (χ1v) is 20.6. The largest absolute Gasteiger partial charge is 0.374 e. The molecule has 0 radical (unpaired) electrons. The molecule has 7 rings (SSSR count). The molecule has 5 aromatic rings. The molecule has 2 aliphatic rings. The summed E-state index contributed by atoms with van der Waals surface area (Å²) in [6.07, 6.45) is -1.25. The minimum Gasteiger partial charge on any atom is -0.374 e. The molecule has 5 aromatic carbocycles. The predicted molar refractivity (Wildman–Crippen MR) is 225 cm³/mol. The Bertz CT molecular complexity index is 1880. The van der Waals surface area contributed by atoms with E-state index in [0.717, 1.165) is 27.8 Å². The maximum atomic E-state index is 6.76. The Hall–Kier alpha value is -4.52. The fourth-order valence-corrected chi connectivity index (χ4v) is 7.35. The van der Waals surface area contributed by atoms with E-state index in [4.69, 9.17) is 42.6 Å². The van der Waals surface area contributed by atoms with Crippen molar-refractivity contribution in [2.24, 2.45) is 0 Å². The molecular weight excluding hydrogens is 745 g/mol. The van der Waals surface area contributed by atoms with Crippen molar-refractivity contribution >= 4 is 0 Å². The molecule has 0 aromatic heterocycles. The zero-order chi connectivity index (χ0) is 40.3. The van der Waals surface area contributed by atoms with Crippen molar-refractivity contribution in [2.75, 3.05) is 19.8 Å². The van der Waals surface area contributed by atoms with Crippen LogP contribution in [0.1, 0.15) is 40.7 Å². The van der Waals surface area contributed by atoms with Gasteiger partial charge in [0, 0.05) is 12.8 Å². The molecule has 0 N–H and O–H groups in total. The molecule has 2 aliphatic heterocycles. The molecule has 0 spiro atoms. The molecule has 9 heteroatoms. The van der Waals surface area contributed by atoms with Gasteiger partial charge in [0.15, 0.2) is 12.6 Å². The van der Waals surface area contributed by atoms with E-state index in [1.807, 2.05) is 115 Å². The van der Waals surface area contributed by atoms with Gasteiger partial charge < -0.3 is 42.6 Å². The summed E-state index contributed by atoms with van der Waals surface area (Å²) in [6.45, 7) is 6.64. The standard InChI is InChI=1S/C50H56O9/c1-2-28-52-47-29-43(53-32-39-20-10-4-11-21-39)50(57-35-42-26-16-7-17-27-42)46(59-47)37-55-48-30-44(54-33-40-22-12-5-13-23-40)49(56-34-41-24-14-6-15-25-41)45(58-48)36-51-31-38-18-8-3-9-19-38/h2-27,43-50H,1,28-37H2/t43-,44-,45-,46-,47+,48-,49+,50+/m1/s1. The van der Waals surface area contributed by atoms with E-state index in [0.29, 0.717) is 52.5 Å². The lowest BCUT2D eigenvalue weighted by Gasteiger charge is -2.43. The van der Waals surface area contributed by atoms with Gasteiger partial charge in [-0.05, 0) is 27.8 Å². The van der Waals surface area contributed by atoms with Crippen molar-refractivity contribution in [3.63, 3.8) is 0 Å². The summed E-state index contributed by atoms with van der Waals surface area (Å²) < 4.78 is 59.2. The lowest BCUT2D eigenvalue weighted by molar-refractivity contribution is -0.307. The minimum atomic E-state index is -0.658. The highest BCUT2D eigenvalue weighted by atomic mass is 16.7. The molecule has 0 bridgehead atoms. The van der Waals surface area contributed by atoms with Gasteiger partial charge in [0.05, 0.1) is 65.1 Å². The van der Waals surface area contributed by atoms with Crippen molar-refractivity contribution in [3.05, 3.63) is 192 Å². The molecule has 310 valence electrons. The van der Waals surface area contributed by atoms with Gasteiger partial charge in [-0.2, -0.15) is 0 Å². The SMILES string of the molecule is C=CCO[C@@H]1C[C@@H](OCc2ccccc2)[C@H](OCc2ccccc2)[C@@H](CO[C@H]2C[C@@H](OCc3ccccc3)[C@H](OCc3ccccc3)[C@@H](COCc3ccccc3)O2)O1. The molecule has 0 unspecified atom stereocenters. The van der Waals surface area contributed by atoms with Gasteiger partial charge in [-0.1, -0.05) is 158 Å².